The average Bonchev–Trinajstić information content (AvgIpc) is 3.32. The molecule has 0 unspecified atom stereocenters. The number of nitrogen functional groups attached to an aromatic ring is 2. The van der Waals surface area contributed by atoms with Crippen LogP contribution in [-0.2, 0) is 47.9 Å². The molecule has 6 aromatic rings. The molecule has 0 aliphatic rings. The molecule has 424 valence electrons. The maximum Gasteiger partial charge on any atom is 0.408 e. The van der Waals surface area contributed by atoms with Crippen LogP contribution in [-0.4, -0.2) is 116 Å². The SMILES string of the molecule is CC(C)(C)OC(=O)N[C@@H](Cc1ccc(-c2cc(-c3ccc(C[C@H](NC(=O)OC(C)(C)C)C(=O)O)cc3)nc(N)n2)cc1)C(=O)O.CC(C)(C)OC(=O)N[C@@H](Cc1ccc(-c2cc(Cl)nc(Nc3cc(Cl)nc(N)n3)n2)cc1)C(=O)O. The number of carboxylic acid groups (broad SMARTS) is 3. The molecule has 3 aromatic heterocycles. The van der Waals surface area contributed by atoms with Crippen LogP contribution in [0.25, 0.3) is 33.8 Å². The molecule has 11 N–H and O–H groups in total. The number of nitrogens with two attached hydrogens (primary N) is 2. The number of amides is 3. The first-order chi connectivity index (χ1) is 37.3. The fourth-order valence-electron chi connectivity index (χ4n) is 7.09. The Morgan fingerprint density at radius 3 is 1.09 bits per heavy atom. The third-order valence-corrected chi connectivity index (χ3v) is 10.8. The highest BCUT2D eigenvalue weighted by Gasteiger charge is 2.27. The highest BCUT2D eigenvalue weighted by atomic mass is 35.5. The second-order valence-electron chi connectivity index (χ2n) is 20.8. The van der Waals surface area contributed by atoms with Crippen LogP contribution in [0.1, 0.15) is 79.0 Å². The molecule has 0 radical (unpaired) electrons. The van der Waals surface area contributed by atoms with Gasteiger partial charge in [-0.1, -0.05) is 96.0 Å². The Balaban J connectivity index is 0.000000303. The molecule has 3 aromatic carbocycles. The van der Waals surface area contributed by atoms with Crippen molar-refractivity contribution < 1.29 is 58.3 Å². The van der Waals surface area contributed by atoms with Crippen molar-refractivity contribution in [2.75, 3.05) is 16.8 Å². The number of anilines is 4. The van der Waals surface area contributed by atoms with Gasteiger partial charge in [0.1, 0.15) is 51.1 Å². The number of hydrogen-bond acceptors (Lipinski definition) is 18. The lowest BCUT2D eigenvalue weighted by Crippen LogP contribution is -2.44. The number of carbonyl (C=O) groups is 6. The number of hydrogen-bond donors (Lipinski definition) is 9. The first-order valence-electron chi connectivity index (χ1n) is 24.5. The van der Waals surface area contributed by atoms with Gasteiger partial charge in [0, 0.05) is 48.1 Å². The Bertz CT molecular complexity index is 3050. The van der Waals surface area contributed by atoms with Crippen LogP contribution in [0.2, 0.25) is 10.3 Å². The minimum absolute atomic E-state index is 0.0151. The van der Waals surface area contributed by atoms with Gasteiger partial charge in [-0.2, -0.15) is 4.98 Å². The van der Waals surface area contributed by atoms with Crippen LogP contribution in [0, 0.1) is 0 Å². The Hall–Kier alpha value is -8.90. The molecule has 3 heterocycles. The first-order valence-corrected chi connectivity index (χ1v) is 25.2. The van der Waals surface area contributed by atoms with E-state index in [0.717, 1.165) is 0 Å². The van der Waals surface area contributed by atoms with E-state index in [9.17, 15) is 44.1 Å². The number of nitrogens with one attached hydrogen (secondary N) is 4. The molecular formula is C54H62Cl2N12O12. The van der Waals surface area contributed by atoms with E-state index in [1.165, 1.54) is 6.07 Å². The third kappa shape index (κ3) is 20.8. The highest BCUT2D eigenvalue weighted by Crippen LogP contribution is 2.28. The van der Waals surface area contributed by atoms with Gasteiger partial charge in [0.25, 0.3) is 0 Å². The summed E-state index contributed by atoms with van der Waals surface area (Å²) >= 11 is 12.1. The number of carboxylic acids is 3. The molecule has 80 heavy (non-hydrogen) atoms. The number of carbonyl (C=O) groups excluding carboxylic acids is 3. The number of alkyl carbamates (subject to hydrolysis) is 3. The molecule has 6 rings (SSSR count). The zero-order valence-corrected chi connectivity index (χ0v) is 46.6. The first kappa shape index (κ1) is 61.9. The van der Waals surface area contributed by atoms with Gasteiger partial charge in [-0.25, -0.2) is 53.7 Å². The van der Waals surface area contributed by atoms with Gasteiger partial charge in [-0.05, 0) is 85.1 Å². The summed E-state index contributed by atoms with van der Waals surface area (Å²) in [5.41, 5.74) is 15.0. The van der Waals surface area contributed by atoms with Crippen LogP contribution in [0.3, 0.4) is 0 Å². The predicted molar refractivity (Wildman–Crippen MR) is 298 cm³/mol. The van der Waals surface area contributed by atoms with E-state index >= 15 is 0 Å². The van der Waals surface area contributed by atoms with E-state index in [-0.39, 0.29) is 47.4 Å². The standard InChI is InChI=1S/C32H39N5O8.C22H23Cl2N7O4/c1-31(2,3)44-29(42)36-24(26(38)39)15-18-7-11-20(12-8-18)22-17-23(35-28(33)34-22)21-13-9-19(10-14-21)16-25(27(40)41)37-30(43)45-32(4,5)6;1-22(2,3)35-21(34)27-14(18(32)33)8-11-4-6-12(7-5-11)13-9-15(23)29-20(26-13)31-17-10-16(24)28-19(25)30-17/h7-14,17,24-25H,15-16H2,1-6H3,(H,36,42)(H,37,43)(H,38,39)(H,40,41)(H2,33,34,35);4-7,9-10,14H,8H2,1-3H3,(H,27,34)(H,32,33)(H3,25,26,28,29,30,31)/t24-,25-;14-/m00/s1. The summed E-state index contributed by atoms with van der Waals surface area (Å²) < 4.78 is 15.5. The number of aliphatic carboxylic acids is 3. The summed E-state index contributed by atoms with van der Waals surface area (Å²) in [7, 11) is 0. The van der Waals surface area contributed by atoms with Gasteiger partial charge < -0.3 is 62.3 Å². The molecule has 0 saturated carbocycles. The average molecular weight is 1140 g/mol. The summed E-state index contributed by atoms with van der Waals surface area (Å²) in [6.07, 6.45) is -2.31. The molecule has 26 heteroatoms. The molecule has 24 nitrogen and oxygen atoms in total. The number of halogens is 2. The molecule has 0 fully saturated rings. The topological polar surface area (TPSA) is 368 Å². The molecule has 0 saturated heterocycles. The second kappa shape index (κ2) is 26.6. The van der Waals surface area contributed by atoms with Crippen molar-refractivity contribution in [2.45, 2.75) is 117 Å². The molecule has 0 bridgehead atoms. The number of aromatic nitrogens is 6. The van der Waals surface area contributed by atoms with E-state index in [1.807, 2.05) is 0 Å². The van der Waals surface area contributed by atoms with Crippen molar-refractivity contribution in [1.82, 2.24) is 45.9 Å². The lowest BCUT2D eigenvalue weighted by Gasteiger charge is -2.22. The Morgan fingerprint density at radius 2 is 0.775 bits per heavy atom. The fourth-order valence-corrected chi connectivity index (χ4v) is 7.46. The number of rotatable bonds is 17. The van der Waals surface area contributed by atoms with Gasteiger partial charge >= 0.3 is 36.2 Å². The monoisotopic (exact) mass is 1140 g/mol. The largest absolute Gasteiger partial charge is 0.480 e. The van der Waals surface area contributed by atoms with Crippen LogP contribution < -0.4 is 32.7 Å². The summed E-state index contributed by atoms with van der Waals surface area (Å²) in [5, 5.41) is 39.0. The summed E-state index contributed by atoms with van der Waals surface area (Å²) in [5.74, 6) is -3.08. The van der Waals surface area contributed by atoms with E-state index in [0.29, 0.717) is 56.3 Å². The van der Waals surface area contributed by atoms with E-state index < -0.39 is 71.1 Å². The zero-order chi connectivity index (χ0) is 59.3. The van der Waals surface area contributed by atoms with Crippen LogP contribution >= 0.6 is 23.2 Å². The molecule has 0 spiro atoms. The maximum absolute atomic E-state index is 12.1. The van der Waals surface area contributed by atoms with Crippen molar-refractivity contribution in [3.8, 4) is 33.8 Å². The van der Waals surface area contributed by atoms with Crippen molar-refractivity contribution >= 4 is 83.1 Å². The summed E-state index contributed by atoms with van der Waals surface area (Å²) in [6.45, 7) is 15.2. The number of nitrogens with zero attached hydrogens (tertiary/aromatic N) is 6. The zero-order valence-electron chi connectivity index (χ0n) is 45.1. The van der Waals surface area contributed by atoms with Gasteiger partial charge in [-0.15, -0.1) is 0 Å². The van der Waals surface area contributed by atoms with Crippen molar-refractivity contribution in [2.24, 2.45) is 0 Å². The lowest BCUT2D eigenvalue weighted by atomic mass is 10.0. The molecule has 0 aliphatic carbocycles. The third-order valence-electron chi connectivity index (χ3n) is 10.4. The van der Waals surface area contributed by atoms with Crippen molar-refractivity contribution in [3.05, 3.63) is 118 Å². The van der Waals surface area contributed by atoms with Crippen LogP contribution in [0.15, 0.2) is 91.0 Å². The molecule has 0 aliphatic heterocycles. The lowest BCUT2D eigenvalue weighted by molar-refractivity contribution is -0.140. The van der Waals surface area contributed by atoms with E-state index in [1.54, 1.807) is 147 Å². The summed E-state index contributed by atoms with van der Waals surface area (Å²) in [6, 6.07) is 22.2. The minimum Gasteiger partial charge on any atom is -0.480 e. The number of ether oxygens (including phenoxy) is 3. The quantitative estimate of drug-likeness (QED) is 0.0305. The Kier molecular flexibility index (Phi) is 20.6. The second-order valence-corrected chi connectivity index (χ2v) is 21.5. The van der Waals surface area contributed by atoms with Gasteiger partial charge in [0.2, 0.25) is 17.8 Å². The van der Waals surface area contributed by atoms with Crippen LogP contribution in [0.5, 0.6) is 0 Å². The smallest absolute Gasteiger partial charge is 0.408 e. The minimum atomic E-state index is -1.19. The van der Waals surface area contributed by atoms with Crippen LogP contribution in [0.4, 0.5) is 38.0 Å². The van der Waals surface area contributed by atoms with Crippen molar-refractivity contribution in [3.63, 3.8) is 0 Å². The van der Waals surface area contributed by atoms with Gasteiger partial charge in [0.15, 0.2) is 0 Å². The van der Waals surface area contributed by atoms with Gasteiger partial charge in [0.05, 0.1) is 17.1 Å². The molecule has 3 amide bonds. The molecule has 3 atom stereocenters. The van der Waals surface area contributed by atoms with Gasteiger partial charge in [-0.3, -0.25) is 0 Å². The Morgan fingerprint density at radius 1 is 0.463 bits per heavy atom. The Labute approximate surface area is 470 Å². The predicted octanol–water partition coefficient (Wildman–Crippen LogP) is 8.52. The highest BCUT2D eigenvalue weighted by molar-refractivity contribution is 6.30. The number of benzene rings is 3. The van der Waals surface area contributed by atoms with E-state index in [4.69, 9.17) is 48.9 Å². The summed E-state index contributed by atoms with van der Waals surface area (Å²) in [4.78, 5) is 96.3. The molecular weight excluding hydrogens is 1080 g/mol. The fraction of sp³-hybridized carbons (Fsp3) is 0.333. The normalized spacial score (nSPS) is 12.5. The maximum atomic E-state index is 12.1. The van der Waals surface area contributed by atoms with E-state index in [2.05, 4.69) is 51.2 Å². The van der Waals surface area contributed by atoms with Crippen molar-refractivity contribution in [1.29, 1.82) is 0 Å².